The highest BCUT2D eigenvalue weighted by molar-refractivity contribution is 7.89. The monoisotopic (exact) mass is 464 g/mol. The van der Waals surface area contributed by atoms with E-state index in [1.807, 2.05) is 6.92 Å². The van der Waals surface area contributed by atoms with Crippen LogP contribution < -0.4 is 5.32 Å². The van der Waals surface area contributed by atoms with Crippen LogP contribution in [0, 0.1) is 12.8 Å². The fourth-order valence-electron chi connectivity index (χ4n) is 3.43. The van der Waals surface area contributed by atoms with Crippen molar-refractivity contribution in [3.63, 3.8) is 0 Å². The summed E-state index contributed by atoms with van der Waals surface area (Å²) in [6.07, 6.45) is 0.844. The molecule has 1 aliphatic heterocycles. The summed E-state index contributed by atoms with van der Waals surface area (Å²) in [5.41, 5.74) is 1.69. The molecule has 0 radical (unpaired) electrons. The number of sulfonamides is 1. The van der Waals surface area contributed by atoms with Crippen molar-refractivity contribution in [2.45, 2.75) is 31.6 Å². The maximum absolute atomic E-state index is 12.8. The van der Waals surface area contributed by atoms with Gasteiger partial charge in [-0.3, -0.25) is 4.79 Å². The molecule has 2 aromatic rings. The van der Waals surface area contributed by atoms with Crippen LogP contribution in [0.5, 0.6) is 0 Å². The number of hydrogen-bond donors (Lipinski definition) is 1. The van der Waals surface area contributed by atoms with Crippen molar-refractivity contribution in [1.82, 2.24) is 4.31 Å². The number of anilines is 1. The van der Waals surface area contributed by atoms with Crippen LogP contribution in [0.4, 0.5) is 5.69 Å². The molecule has 9 heteroatoms. The number of halogens is 1. The van der Waals surface area contributed by atoms with Crippen molar-refractivity contribution in [2.75, 3.05) is 25.0 Å². The third-order valence-electron chi connectivity index (χ3n) is 5.22. The first-order valence-corrected chi connectivity index (χ1v) is 11.9. The standard InChI is InChI=1S/C22H25ClN2O5S/c1-3-30-22(27)19-9-6-17(14-20(19)23)24-21(26)16-10-12-25(13-11-16)31(28,29)18-7-4-15(2)5-8-18/h4-9,14,16H,3,10-13H2,1-2H3,(H,24,26). The minimum atomic E-state index is -3.57. The first-order chi connectivity index (χ1) is 14.7. The second kappa shape index (κ2) is 9.80. The van der Waals surface area contributed by atoms with Crippen molar-refractivity contribution in [3.05, 3.63) is 58.6 Å². The number of carbonyl (C=O) groups excluding carboxylic acids is 2. The number of nitrogens with zero attached hydrogens (tertiary/aromatic N) is 1. The number of benzene rings is 2. The maximum Gasteiger partial charge on any atom is 0.339 e. The van der Waals surface area contributed by atoms with Gasteiger partial charge >= 0.3 is 5.97 Å². The molecule has 0 unspecified atom stereocenters. The van der Waals surface area contributed by atoms with Gasteiger partial charge in [-0.1, -0.05) is 29.3 Å². The summed E-state index contributed by atoms with van der Waals surface area (Å²) in [5.74, 6) is -1.03. The highest BCUT2D eigenvalue weighted by Gasteiger charge is 2.32. The van der Waals surface area contributed by atoms with Crippen molar-refractivity contribution in [2.24, 2.45) is 5.92 Å². The van der Waals surface area contributed by atoms with Gasteiger partial charge in [-0.05, 0) is 57.0 Å². The average Bonchev–Trinajstić information content (AvgIpc) is 2.74. The van der Waals surface area contributed by atoms with Crippen LogP contribution in [0.2, 0.25) is 5.02 Å². The Kier molecular flexibility index (Phi) is 7.35. The summed E-state index contributed by atoms with van der Waals surface area (Å²) in [6.45, 7) is 4.40. The number of nitrogens with one attached hydrogen (secondary N) is 1. The second-order valence-electron chi connectivity index (χ2n) is 7.40. The SMILES string of the molecule is CCOC(=O)c1ccc(NC(=O)C2CCN(S(=O)(=O)c3ccc(C)cc3)CC2)cc1Cl. The number of piperidine rings is 1. The Morgan fingerprint density at radius 3 is 2.35 bits per heavy atom. The first-order valence-electron chi connectivity index (χ1n) is 10.1. The third-order valence-corrected chi connectivity index (χ3v) is 7.44. The van der Waals surface area contributed by atoms with Gasteiger partial charge in [0.2, 0.25) is 15.9 Å². The molecule has 3 rings (SSSR count). The van der Waals surface area contributed by atoms with Crippen LogP contribution in [0.3, 0.4) is 0 Å². The molecule has 1 saturated heterocycles. The fraction of sp³-hybridized carbons (Fsp3) is 0.364. The summed E-state index contributed by atoms with van der Waals surface area (Å²) in [6, 6.07) is 11.3. The van der Waals surface area contributed by atoms with E-state index in [0.717, 1.165) is 5.56 Å². The lowest BCUT2D eigenvalue weighted by Crippen LogP contribution is -2.41. The Bertz CT molecular complexity index is 1060. The summed E-state index contributed by atoms with van der Waals surface area (Å²) in [7, 11) is -3.57. The topological polar surface area (TPSA) is 92.8 Å². The zero-order chi connectivity index (χ0) is 22.6. The molecule has 1 aliphatic rings. The van der Waals surface area contributed by atoms with Gasteiger partial charge in [-0.15, -0.1) is 0 Å². The van der Waals surface area contributed by atoms with E-state index in [-0.39, 0.29) is 47.0 Å². The number of carbonyl (C=O) groups is 2. The van der Waals surface area contributed by atoms with Crippen molar-refractivity contribution < 1.29 is 22.7 Å². The van der Waals surface area contributed by atoms with E-state index >= 15 is 0 Å². The minimum Gasteiger partial charge on any atom is -0.462 e. The van der Waals surface area contributed by atoms with Gasteiger partial charge in [0, 0.05) is 24.7 Å². The lowest BCUT2D eigenvalue weighted by Gasteiger charge is -2.30. The van der Waals surface area contributed by atoms with Crippen LogP contribution in [-0.2, 0) is 19.6 Å². The highest BCUT2D eigenvalue weighted by Crippen LogP contribution is 2.26. The van der Waals surface area contributed by atoms with E-state index < -0.39 is 16.0 Å². The van der Waals surface area contributed by atoms with E-state index in [1.165, 1.54) is 16.4 Å². The molecule has 0 bridgehead atoms. The van der Waals surface area contributed by atoms with Crippen LogP contribution in [0.15, 0.2) is 47.4 Å². The van der Waals surface area contributed by atoms with Crippen molar-refractivity contribution in [1.29, 1.82) is 0 Å². The largest absolute Gasteiger partial charge is 0.462 e. The molecule has 31 heavy (non-hydrogen) atoms. The fourth-order valence-corrected chi connectivity index (χ4v) is 5.16. The quantitative estimate of drug-likeness (QED) is 0.655. The molecule has 0 spiro atoms. The molecule has 1 fully saturated rings. The average molecular weight is 465 g/mol. The molecule has 1 N–H and O–H groups in total. The van der Waals surface area contributed by atoms with Gasteiger partial charge in [-0.25, -0.2) is 13.2 Å². The number of amides is 1. The van der Waals surface area contributed by atoms with Gasteiger partial charge in [0.15, 0.2) is 0 Å². The number of aryl methyl sites for hydroxylation is 1. The molecule has 2 aromatic carbocycles. The predicted molar refractivity (Wildman–Crippen MR) is 119 cm³/mol. The molecule has 166 valence electrons. The summed E-state index contributed by atoms with van der Waals surface area (Å²) in [5, 5.41) is 2.99. The zero-order valence-electron chi connectivity index (χ0n) is 17.4. The summed E-state index contributed by atoms with van der Waals surface area (Å²) < 4.78 is 32.0. The van der Waals surface area contributed by atoms with Crippen molar-refractivity contribution in [3.8, 4) is 0 Å². The molecular formula is C22H25ClN2O5S. The van der Waals surface area contributed by atoms with Gasteiger partial charge in [0.1, 0.15) is 0 Å². The Balaban J connectivity index is 1.60. The van der Waals surface area contributed by atoms with E-state index in [1.54, 1.807) is 37.3 Å². The van der Waals surface area contributed by atoms with E-state index in [9.17, 15) is 18.0 Å². The Morgan fingerprint density at radius 1 is 1.13 bits per heavy atom. The summed E-state index contributed by atoms with van der Waals surface area (Å²) in [4.78, 5) is 24.7. The minimum absolute atomic E-state index is 0.190. The van der Waals surface area contributed by atoms with E-state index in [0.29, 0.717) is 18.5 Å². The molecule has 0 aliphatic carbocycles. The highest BCUT2D eigenvalue weighted by atomic mass is 35.5. The Hall–Kier alpha value is -2.42. The van der Waals surface area contributed by atoms with Gasteiger partial charge in [-0.2, -0.15) is 4.31 Å². The lowest BCUT2D eigenvalue weighted by atomic mass is 9.97. The number of rotatable bonds is 6. The smallest absolute Gasteiger partial charge is 0.339 e. The van der Waals surface area contributed by atoms with E-state index in [4.69, 9.17) is 16.3 Å². The van der Waals surface area contributed by atoms with Gasteiger partial charge < -0.3 is 10.1 Å². The molecule has 1 amide bonds. The predicted octanol–water partition coefficient (Wildman–Crippen LogP) is 3.86. The third kappa shape index (κ3) is 5.44. The molecule has 0 atom stereocenters. The normalized spacial score (nSPS) is 15.5. The Morgan fingerprint density at radius 2 is 1.77 bits per heavy atom. The molecule has 1 heterocycles. The van der Waals surface area contributed by atoms with Crippen molar-refractivity contribution >= 4 is 39.2 Å². The maximum atomic E-state index is 12.8. The van der Waals surface area contributed by atoms with Gasteiger partial charge in [0.25, 0.3) is 0 Å². The second-order valence-corrected chi connectivity index (χ2v) is 9.74. The molecule has 0 aromatic heterocycles. The molecule has 7 nitrogen and oxygen atoms in total. The lowest BCUT2D eigenvalue weighted by molar-refractivity contribution is -0.120. The van der Waals surface area contributed by atoms with E-state index in [2.05, 4.69) is 5.32 Å². The Labute approximate surface area is 187 Å². The zero-order valence-corrected chi connectivity index (χ0v) is 19.0. The first kappa shape index (κ1) is 23.2. The van der Waals surface area contributed by atoms with Crippen LogP contribution >= 0.6 is 11.6 Å². The number of esters is 1. The number of ether oxygens (including phenoxy) is 1. The van der Waals surface area contributed by atoms with Gasteiger partial charge in [0.05, 0.1) is 22.1 Å². The van der Waals surface area contributed by atoms with Crippen LogP contribution in [0.25, 0.3) is 0 Å². The number of hydrogen-bond acceptors (Lipinski definition) is 5. The summed E-state index contributed by atoms with van der Waals surface area (Å²) >= 11 is 6.14. The van der Waals surface area contributed by atoms with Crippen LogP contribution in [-0.4, -0.2) is 44.3 Å². The molecule has 0 saturated carbocycles. The molecular weight excluding hydrogens is 440 g/mol. The van der Waals surface area contributed by atoms with Crippen LogP contribution in [0.1, 0.15) is 35.7 Å².